The molecule has 0 atom stereocenters. The summed E-state index contributed by atoms with van der Waals surface area (Å²) >= 11 is 0. The molecule has 0 unspecified atom stereocenters. The number of nitrogen functional groups attached to an aromatic ring is 1. The number of pyridine rings is 1. The number of nitrogens with two attached hydrogens (primary N) is 1. The number of halogens is 2. The molecule has 5 heteroatoms. The molecule has 0 saturated carbocycles. The second kappa shape index (κ2) is 6.04. The molecule has 1 aromatic heterocycles. The minimum Gasteiger partial charge on any atom is -0.399 e. The van der Waals surface area contributed by atoms with Gasteiger partial charge >= 0.3 is 0 Å². The summed E-state index contributed by atoms with van der Waals surface area (Å²) in [6, 6.07) is 9.27. The summed E-state index contributed by atoms with van der Waals surface area (Å²) in [5.41, 5.74) is 7.75. The smallest absolute Gasteiger partial charge is 0.137 e. The molecule has 3 rings (SSSR count). The van der Waals surface area contributed by atoms with Crippen LogP contribution >= 0.6 is 0 Å². The Labute approximate surface area is 132 Å². The van der Waals surface area contributed by atoms with Gasteiger partial charge < -0.3 is 11.1 Å². The first-order valence-corrected chi connectivity index (χ1v) is 7.08. The van der Waals surface area contributed by atoms with E-state index in [0.717, 1.165) is 11.6 Å². The molecule has 3 nitrogen and oxygen atoms in total. The van der Waals surface area contributed by atoms with Crippen molar-refractivity contribution in [3.8, 4) is 11.1 Å². The molecule has 116 valence electrons. The molecule has 0 aliphatic heterocycles. The monoisotopic (exact) mass is 311 g/mol. The number of rotatable bonds is 4. The van der Waals surface area contributed by atoms with E-state index in [0.29, 0.717) is 29.0 Å². The van der Waals surface area contributed by atoms with Crippen molar-refractivity contribution >= 4 is 22.3 Å². The maximum Gasteiger partial charge on any atom is 0.137 e. The number of nitrogens with one attached hydrogen (secondary N) is 1. The Morgan fingerprint density at radius 3 is 2.78 bits per heavy atom. The van der Waals surface area contributed by atoms with Crippen molar-refractivity contribution in [2.24, 2.45) is 0 Å². The number of hydrogen-bond donors (Lipinski definition) is 2. The molecular weight excluding hydrogens is 296 g/mol. The summed E-state index contributed by atoms with van der Waals surface area (Å²) in [4.78, 5) is 4.28. The van der Waals surface area contributed by atoms with Gasteiger partial charge in [0.1, 0.15) is 17.5 Å². The molecule has 0 bridgehead atoms. The number of hydrogen-bond acceptors (Lipinski definition) is 3. The van der Waals surface area contributed by atoms with Gasteiger partial charge in [-0.1, -0.05) is 18.2 Å². The first-order chi connectivity index (χ1) is 11.1. The van der Waals surface area contributed by atoms with Crippen molar-refractivity contribution in [2.45, 2.75) is 0 Å². The lowest BCUT2D eigenvalue weighted by molar-refractivity contribution is 0.592. The molecule has 0 spiro atoms. The summed E-state index contributed by atoms with van der Waals surface area (Å²) in [5, 5.41) is 3.65. The van der Waals surface area contributed by atoms with Crippen molar-refractivity contribution in [1.29, 1.82) is 0 Å². The van der Waals surface area contributed by atoms with Gasteiger partial charge in [0.2, 0.25) is 0 Å². The summed E-state index contributed by atoms with van der Waals surface area (Å²) < 4.78 is 28.1. The van der Waals surface area contributed by atoms with Crippen LogP contribution in [0.25, 0.3) is 21.9 Å². The van der Waals surface area contributed by atoms with Crippen molar-refractivity contribution in [1.82, 2.24) is 4.98 Å². The average Bonchev–Trinajstić information content (AvgIpc) is 2.52. The van der Waals surface area contributed by atoms with Gasteiger partial charge in [0.05, 0.1) is 5.39 Å². The molecular formula is C18H15F2N3. The van der Waals surface area contributed by atoms with Crippen LogP contribution in [-0.2, 0) is 0 Å². The van der Waals surface area contributed by atoms with E-state index in [1.165, 1.54) is 6.07 Å². The summed E-state index contributed by atoms with van der Waals surface area (Å²) in [5.74, 6) is -0.948. The highest BCUT2D eigenvalue weighted by atomic mass is 19.1. The minimum absolute atomic E-state index is 0.244. The summed E-state index contributed by atoms with van der Waals surface area (Å²) in [6.07, 6.45) is 3.22. The zero-order valence-electron chi connectivity index (χ0n) is 12.3. The Kier molecular flexibility index (Phi) is 3.93. The molecule has 3 N–H and O–H groups in total. The molecule has 2 aromatic carbocycles. The van der Waals surface area contributed by atoms with Crippen LogP contribution in [0.1, 0.15) is 0 Å². The van der Waals surface area contributed by atoms with Gasteiger partial charge in [-0.2, -0.15) is 0 Å². The first-order valence-electron chi connectivity index (χ1n) is 7.08. The van der Waals surface area contributed by atoms with E-state index in [9.17, 15) is 8.78 Å². The normalized spacial score (nSPS) is 10.7. The lowest BCUT2D eigenvalue weighted by Gasteiger charge is -2.13. The molecule has 0 aliphatic rings. The highest BCUT2D eigenvalue weighted by molar-refractivity contribution is 6.02. The Morgan fingerprint density at radius 2 is 2.04 bits per heavy atom. The van der Waals surface area contributed by atoms with Crippen LogP contribution in [0.2, 0.25) is 0 Å². The Balaban J connectivity index is 2.30. The zero-order valence-corrected chi connectivity index (χ0v) is 12.3. The van der Waals surface area contributed by atoms with Crippen molar-refractivity contribution < 1.29 is 8.78 Å². The molecule has 3 aromatic rings. The molecule has 0 aliphatic carbocycles. The minimum atomic E-state index is -0.662. The number of nitrogens with zero attached hydrogens (tertiary/aromatic N) is 1. The number of aromatic nitrogens is 1. The van der Waals surface area contributed by atoms with Crippen molar-refractivity contribution in [2.75, 3.05) is 17.6 Å². The largest absolute Gasteiger partial charge is 0.399 e. The van der Waals surface area contributed by atoms with Crippen LogP contribution in [0.15, 0.2) is 55.3 Å². The quantitative estimate of drug-likeness (QED) is 0.556. The lowest BCUT2D eigenvalue weighted by atomic mass is 9.99. The van der Waals surface area contributed by atoms with Crippen molar-refractivity contribution in [3.05, 3.63) is 66.9 Å². The number of benzene rings is 2. The van der Waals surface area contributed by atoms with Crippen LogP contribution < -0.4 is 11.1 Å². The Hall–Kier alpha value is -2.95. The van der Waals surface area contributed by atoms with E-state index in [1.807, 2.05) is 6.07 Å². The fourth-order valence-corrected chi connectivity index (χ4v) is 2.53. The fraction of sp³-hybridized carbons (Fsp3) is 0.0556. The number of fused-ring (bicyclic) bond motifs is 1. The number of anilines is 2. The molecule has 1 heterocycles. The lowest BCUT2D eigenvalue weighted by Crippen LogP contribution is -2.03. The predicted octanol–water partition coefficient (Wildman–Crippen LogP) is 4.36. The van der Waals surface area contributed by atoms with E-state index >= 15 is 0 Å². The molecule has 23 heavy (non-hydrogen) atoms. The third-order valence-corrected chi connectivity index (χ3v) is 3.52. The van der Waals surface area contributed by atoms with E-state index in [4.69, 9.17) is 5.73 Å². The maximum absolute atomic E-state index is 14.3. The standard InChI is InChI=1S/C18H15F2N3/c1-2-6-22-18-17-14(8-12(19)9-16(17)20)15(10-23-18)11-4-3-5-13(21)7-11/h2-5,7-10H,1,6,21H2,(H,22,23). The summed E-state index contributed by atoms with van der Waals surface area (Å²) in [7, 11) is 0. The van der Waals surface area contributed by atoms with E-state index in [2.05, 4.69) is 16.9 Å². The SMILES string of the molecule is C=CCNc1ncc(-c2cccc(N)c2)c2cc(F)cc(F)c12. The van der Waals surface area contributed by atoms with E-state index in [-0.39, 0.29) is 5.39 Å². The highest BCUT2D eigenvalue weighted by Crippen LogP contribution is 2.34. The van der Waals surface area contributed by atoms with Gasteiger partial charge in [-0.3, -0.25) is 0 Å². The van der Waals surface area contributed by atoms with Crippen LogP contribution in [0, 0.1) is 11.6 Å². The zero-order chi connectivity index (χ0) is 16.4. The molecule has 0 radical (unpaired) electrons. The Morgan fingerprint density at radius 1 is 1.22 bits per heavy atom. The van der Waals surface area contributed by atoms with Gasteiger partial charge in [0.25, 0.3) is 0 Å². The van der Waals surface area contributed by atoms with Gasteiger partial charge in [-0.25, -0.2) is 13.8 Å². The third-order valence-electron chi connectivity index (χ3n) is 3.52. The second-order valence-corrected chi connectivity index (χ2v) is 5.13. The molecule has 0 saturated heterocycles. The predicted molar refractivity (Wildman–Crippen MR) is 90.2 cm³/mol. The highest BCUT2D eigenvalue weighted by Gasteiger charge is 2.14. The van der Waals surface area contributed by atoms with Gasteiger partial charge in [-0.05, 0) is 23.8 Å². The van der Waals surface area contributed by atoms with Crippen molar-refractivity contribution in [3.63, 3.8) is 0 Å². The molecule has 0 fully saturated rings. The topological polar surface area (TPSA) is 50.9 Å². The summed E-state index contributed by atoms with van der Waals surface area (Å²) in [6.45, 7) is 4.04. The van der Waals surface area contributed by atoms with Gasteiger partial charge in [0.15, 0.2) is 0 Å². The van der Waals surface area contributed by atoms with Crippen LogP contribution in [0.3, 0.4) is 0 Å². The van der Waals surface area contributed by atoms with E-state index < -0.39 is 11.6 Å². The maximum atomic E-state index is 14.3. The van der Waals surface area contributed by atoms with Crippen LogP contribution in [-0.4, -0.2) is 11.5 Å². The van der Waals surface area contributed by atoms with Gasteiger partial charge in [-0.15, -0.1) is 6.58 Å². The fourth-order valence-electron chi connectivity index (χ4n) is 2.53. The average molecular weight is 311 g/mol. The second-order valence-electron chi connectivity index (χ2n) is 5.13. The first kappa shape index (κ1) is 15.0. The van der Waals surface area contributed by atoms with Crippen LogP contribution in [0.5, 0.6) is 0 Å². The third kappa shape index (κ3) is 2.85. The van der Waals surface area contributed by atoms with Crippen LogP contribution in [0.4, 0.5) is 20.3 Å². The Bertz CT molecular complexity index is 891. The van der Waals surface area contributed by atoms with Gasteiger partial charge in [0, 0.05) is 35.4 Å². The van der Waals surface area contributed by atoms with E-state index in [1.54, 1.807) is 30.5 Å². The molecule has 0 amide bonds.